The van der Waals surface area contributed by atoms with Gasteiger partial charge in [0.05, 0.1) is 0 Å². The van der Waals surface area contributed by atoms with Gasteiger partial charge < -0.3 is 5.32 Å². The number of nitrogens with zero attached hydrogens (tertiary/aromatic N) is 4. The topological polar surface area (TPSA) is 78.4 Å². The van der Waals surface area contributed by atoms with E-state index >= 15 is 0 Å². The summed E-state index contributed by atoms with van der Waals surface area (Å²) in [5.41, 5.74) is 0. The molecule has 8 heteroatoms. The molecule has 1 N–H and O–H groups in total. The molecule has 1 aromatic heterocycles. The second-order valence-corrected chi connectivity index (χ2v) is 8.59. The average molecular weight is 339 g/mol. The van der Waals surface area contributed by atoms with Crippen molar-refractivity contribution in [1.29, 1.82) is 0 Å². The van der Waals surface area contributed by atoms with Gasteiger partial charge in [0.2, 0.25) is 5.95 Å². The fraction of sp³-hybridized carbons (Fsp3) is 0.733. The summed E-state index contributed by atoms with van der Waals surface area (Å²) in [7, 11) is -3.34. The van der Waals surface area contributed by atoms with Crippen molar-refractivity contribution in [3.05, 3.63) is 18.5 Å². The van der Waals surface area contributed by atoms with E-state index in [2.05, 4.69) is 29.1 Å². The van der Waals surface area contributed by atoms with E-state index in [9.17, 15) is 8.42 Å². The molecular weight excluding hydrogens is 314 g/mol. The van der Waals surface area contributed by atoms with Crippen LogP contribution in [0.4, 0.5) is 5.95 Å². The van der Waals surface area contributed by atoms with Crippen LogP contribution in [0.1, 0.15) is 26.7 Å². The van der Waals surface area contributed by atoms with Crippen molar-refractivity contribution in [1.82, 2.24) is 18.6 Å². The van der Waals surface area contributed by atoms with E-state index < -0.39 is 10.2 Å². The molecule has 2 aliphatic rings. The van der Waals surface area contributed by atoms with Gasteiger partial charge in [-0.05, 0) is 30.7 Å². The molecule has 3 rings (SSSR count). The van der Waals surface area contributed by atoms with E-state index in [1.807, 2.05) is 0 Å². The maximum Gasteiger partial charge on any atom is 0.282 e. The van der Waals surface area contributed by atoms with E-state index in [-0.39, 0.29) is 12.0 Å². The minimum atomic E-state index is -3.34. The van der Waals surface area contributed by atoms with Gasteiger partial charge in [-0.2, -0.15) is 17.0 Å². The first-order valence-electron chi connectivity index (χ1n) is 8.27. The molecule has 2 fully saturated rings. The Balaban J connectivity index is 1.75. The highest BCUT2D eigenvalue weighted by Gasteiger charge is 2.42. The van der Waals surface area contributed by atoms with Crippen LogP contribution >= 0.6 is 0 Å². The summed E-state index contributed by atoms with van der Waals surface area (Å²) in [5, 5.41) is 3.32. The zero-order chi connectivity index (χ0) is 16.4. The molecule has 1 aromatic rings. The first kappa shape index (κ1) is 16.6. The van der Waals surface area contributed by atoms with Crippen LogP contribution in [0, 0.1) is 11.8 Å². The van der Waals surface area contributed by atoms with Gasteiger partial charge in [-0.25, -0.2) is 9.97 Å². The molecule has 2 atom stereocenters. The molecule has 23 heavy (non-hydrogen) atoms. The lowest BCUT2D eigenvalue weighted by Crippen LogP contribution is -2.42. The summed E-state index contributed by atoms with van der Waals surface area (Å²) >= 11 is 0. The van der Waals surface area contributed by atoms with Crippen molar-refractivity contribution in [3.63, 3.8) is 0 Å². The van der Waals surface area contributed by atoms with Crippen LogP contribution in [0.3, 0.4) is 0 Å². The Morgan fingerprint density at radius 2 is 1.78 bits per heavy atom. The highest BCUT2D eigenvalue weighted by Crippen LogP contribution is 2.30. The van der Waals surface area contributed by atoms with Crippen molar-refractivity contribution in [2.24, 2.45) is 11.8 Å². The minimum Gasteiger partial charge on any atom is -0.350 e. The van der Waals surface area contributed by atoms with Crippen molar-refractivity contribution in [2.45, 2.75) is 32.7 Å². The molecule has 0 aliphatic carbocycles. The number of nitrogens with one attached hydrogen (secondary N) is 1. The number of hydrogen-bond donors (Lipinski definition) is 1. The second-order valence-electron chi connectivity index (χ2n) is 6.66. The fourth-order valence-corrected chi connectivity index (χ4v) is 5.19. The maximum absolute atomic E-state index is 12.8. The van der Waals surface area contributed by atoms with Gasteiger partial charge in [0.25, 0.3) is 10.2 Å². The van der Waals surface area contributed by atoms with E-state index in [1.54, 1.807) is 27.1 Å². The Bertz CT molecular complexity index is 616. The molecular formula is C15H25N5O2S. The standard InChI is InChI=1S/C15H25N5O2S/c1-12(2)13-10-20(23(21,22)19-8-3-4-9-19)11-14(13)18-15-16-6-5-7-17-15/h5-7,12-14H,3-4,8-11H2,1-2H3,(H,16,17,18)/t13-,14+/m0/s1. The summed E-state index contributed by atoms with van der Waals surface area (Å²) in [6, 6.07) is 1.80. The number of anilines is 1. The Labute approximate surface area is 138 Å². The Kier molecular flexibility index (Phi) is 4.84. The maximum atomic E-state index is 12.8. The summed E-state index contributed by atoms with van der Waals surface area (Å²) in [5.74, 6) is 1.19. The van der Waals surface area contributed by atoms with Gasteiger partial charge in [0, 0.05) is 44.6 Å². The summed E-state index contributed by atoms with van der Waals surface area (Å²) in [6.45, 7) is 6.59. The molecule has 0 unspecified atom stereocenters. The van der Waals surface area contributed by atoms with E-state index in [0.717, 1.165) is 12.8 Å². The third-order valence-corrected chi connectivity index (χ3v) is 6.75. The summed E-state index contributed by atoms with van der Waals surface area (Å²) in [6.07, 6.45) is 5.29. The minimum absolute atomic E-state index is 0.0368. The van der Waals surface area contributed by atoms with Gasteiger partial charge >= 0.3 is 0 Å². The van der Waals surface area contributed by atoms with Crippen LogP contribution in [0.2, 0.25) is 0 Å². The second kappa shape index (κ2) is 6.70. The molecule has 128 valence electrons. The molecule has 3 heterocycles. The number of rotatable bonds is 5. The zero-order valence-electron chi connectivity index (χ0n) is 13.7. The number of aromatic nitrogens is 2. The molecule has 0 spiro atoms. The van der Waals surface area contributed by atoms with Gasteiger partial charge in [-0.1, -0.05) is 13.8 Å². The Morgan fingerprint density at radius 1 is 1.13 bits per heavy atom. The SMILES string of the molecule is CC(C)[C@@H]1CN(S(=O)(=O)N2CCCC2)C[C@H]1Nc1ncccn1. The highest BCUT2D eigenvalue weighted by molar-refractivity contribution is 7.86. The lowest BCUT2D eigenvalue weighted by Gasteiger charge is -2.23. The third kappa shape index (κ3) is 3.49. The van der Waals surface area contributed by atoms with Gasteiger partial charge in [0.15, 0.2) is 0 Å². The summed E-state index contributed by atoms with van der Waals surface area (Å²) in [4.78, 5) is 8.40. The normalized spacial score (nSPS) is 26.9. The molecule has 7 nitrogen and oxygen atoms in total. The third-order valence-electron chi connectivity index (χ3n) is 4.79. The average Bonchev–Trinajstić information content (AvgIpc) is 3.18. The van der Waals surface area contributed by atoms with Crippen LogP contribution in [0.5, 0.6) is 0 Å². The molecule has 2 aliphatic heterocycles. The monoisotopic (exact) mass is 339 g/mol. The fourth-order valence-electron chi connectivity index (χ4n) is 3.43. The first-order chi connectivity index (χ1) is 11.0. The van der Waals surface area contributed by atoms with E-state index in [1.165, 1.54) is 0 Å². The smallest absolute Gasteiger partial charge is 0.282 e. The molecule has 0 amide bonds. The highest BCUT2D eigenvalue weighted by atomic mass is 32.2. The van der Waals surface area contributed by atoms with Gasteiger partial charge in [-0.3, -0.25) is 0 Å². The zero-order valence-corrected chi connectivity index (χ0v) is 14.5. The number of hydrogen-bond acceptors (Lipinski definition) is 5. The van der Waals surface area contributed by atoms with E-state index in [0.29, 0.717) is 38.0 Å². The van der Waals surface area contributed by atoms with Crippen molar-refractivity contribution >= 4 is 16.2 Å². The molecule has 0 bridgehead atoms. The Hall–Kier alpha value is -1.25. The Morgan fingerprint density at radius 3 is 2.39 bits per heavy atom. The van der Waals surface area contributed by atoms with Crippen molar-refractivity contribution in [2.75, 3.05) is 31.5 Å². The van der Waals surface area contributed by atoms with Crippen LogP contribution in [-0.4, -0.2) is 59.2 Å². The molecule has 0 radical (unpaired) electrons. The summed E-state index contributed by atoms with van der Waals surface area (Å²) < 4.78 is 28.8. The van der Waals surface area contributed by atoms with Crippen LogP contribution in [0.25, 0.3) is 0 Å². The van der Waals surface area contributed by atoms with Crippen LogP contribution in [0.15, 0.2) is 18.5 Å². The van der Waals surface area contributed by atoms with Crippen molar-refractivity contribution < 1.29 is 8.42 Å². The van der Waals surface area contributed by atoms with Gasteiger partial charge in [-0.15, -0.1) is 0 Å². The van der Waals surface area contributed by atoms with Crippen LogP contribution < -0.4 is 5.32 Å². The van der Waals surface area contributed by atoms with Gasteiger partial charge in [0.1, 0.15) is 0 Å². The van der Waals surface area contributed by atoms with E-state index in [4.69, 9.17) is 0 Å². The largest absolute Gasteiger partial charge is 0.350 e. The molecule has 2 saturated heterocycles. The van der Waals surface area contributed by atoms with Crippen LogP contribution in [-0.2, 0) is 10.2 Å². The predicted molar refractivity (Wildman–Crippen MR) is 89.1 cm³/mol. The predicted octanol–water partition coefficient (Wildman–Crippen LogP) is 1.19. The van der Waals surface area contributed by atoms with Crippen molar-refractivity contribution in [3.8, 4) is 0 Å². The molecule has 0 aromatic carbocycles. The first-order valence-corrected chi connectivity index (χ1v) is 9.67. The molecule has 0 saturated carbocycles. The lowest BCUT2D eigenvalue weighted by molar-refractivity contribution is 0.359. The lowest BCUT2D eigenvalue weighted by atomic mass is 9.91. The quantitative estimate of drug-likeness (QED) is 0.872.